The van der Waals surface area contributed by atoms with Gasteiger partial charge in [-0.15, -0.1) is 0 Å². The highest BCUT2D eigenvalue weighted by Gasteiger charge is 2.29. The SMILES string of the molecule is O=C(CCCCC1CCSS1)Nc1cccc(NCC(O)C(O)C(O)C(O)CO)c1. The van der Waals surface area contributed by atoms with Gasteiger partial charge in [-0.05, 0) is 37.5 Å². The summed E-state index contributed by atoms with van der Waals surface area (Å²) >= 11 is 0. The smallest absolute Gasteiger partial charge is 0.224 e. The maximum absolute atomic E-state index is 12.2. The number of hydrogen-bond acceptors (Lipinski definition) is 9. The van der Waals surface area contributed by atoms with E-state index in [1.165, 1.54) is 12.2 Å². The molecule has 7 N–H and O–H groups in total. The van der Waals surface area contributed by atoms with Gasteiger partial charge in [0, 0.05) is 35.3 Å². The van der Waals surface area contributed by atoms with Crippen molar-refractivity contribution in [2.24, 2.45) is 0 Å². The average Bonchev–Trinajstić information content (AvgIpc) is 3.27. The number of benzene rings is 1. The molecule has 8 nitrogen and oxygen atoms in total. The lowest BCUT2D eigenvalue weighted by Crippen LogP contribution is -2.48. The second kappa shape index (κ2) is 13.4. The Morgan fingerprint density at radius 3 is 2.53 bits per heavy atom. The van der Waals surface area contributed by atoms with E-state index in [0.717, 1.165) is 24.5 Å². The van der Waals surface area contributed by atoms with Crippen molar-refractivity contribution in [3.8, 4) is 0 Å². The number of amides is 1. The van der Waals surface area contributed by atoms with Crippen LogP contribution >= 0.6 is 21.6 Å². The Bertz CT molecular complexity index is 647. The molecule has 0 spiro atoms. The molecule has 0 bridgehead atoms. The second-order valence-electron chi connectivity index (χ2n) is 7.38. The first-order chi connectivity index (χ1) is 14.4. The van der Waals surface area contributed by atoms with Crippen molar-refractivity contribution >= 4 is 38.9 Å². The topological polar surface area (TPSA) is 142 Å². The molecule has 30 heavy (non-hydrogen) atoms. The van der Waals surface area contributed by atoms with Crippen molar-refractivity contribution in [3.05, 3.63) is 24.3 Å². The third-order valence-corrected chi connectivity index (χ3v) is 7.90. The fourth-order valence-electron chi connectivity index (χ4n) is 3.06. The normalized spacial score (nSPS) is 20.4. The summed E-state index contributed by atoms with van der Waals surface area (Å²) in [7, 11) is 3.88. The fourth-order valence-corrected chi connectivity index (χ4v) is 6.09. The fraction of sp³-hybridized carbons (Fsp3) is 0.650. The Balaban J connectivity index is 1.72. The molecule has 1 aliphatic heterocycles. The number of hydrogen-bond donors (Lipinski definition) is 7. The van der Waals surface area contributed by atoms with E-state index in [4.69, 9.17) is 5.11 Å². The molecule has 170 valence electrons. The molecule has 1 aromatic rings. The van der Waals surface area contributed by atoms with Gasteiger partial charge in [0.15, 0.2) is 0 Å². The molecule has 10 heteroatoms. The molecule has 0 radical (unpaired) electrons. The Kier molecular flexibility index (Phi) is 11.3. The predicted octanol–water partition coefficient (Wildman–Crippen LogP) is 1.19. The Morgan fingerprint density at radius 1 is 1.10 bits per heavy atom. The van der Waals surface area contributed by atoms with Crippen LogP contribution in [-0.4, -0.2) is 80.0 Å². The minimum Gasteiger partial charge on any atom is -0.394 e. The van der Waals surface area contributed by atoms with Crippen LogP contribution in [0.1, 0.15) is 32.1 Å². The summed E-state index contributed by atoms with van der Waals surface area (Å²) in [4.78, 5) is 12.2. The van der Waals surface area contributed by atoms with E-state index in [2.05, 4.69) is 10.6 Å². The van der Waals surface area contributed by atoms with Gasteiger partial charge in [-0.25, -0.2) is 0 Å². The molecule has 2 rings (SSSR count). The number of aliphatic hydroxyl groups excluding tert-OH is 5. The van der Waals surface area contributed by atoms with Crippen LogP contribution in [0, 0.1) is 0 Å². The minimum atomic E-state index is -1.66. The predicted molar refractivity (Wildman–Crippen MR) is 122 cm³/mol. The zero-order valence-electron chi connectivity index (χ0n) is 16.8. The van der Waals surface area contributed by atoms with Gasteiger partial charge in [-0.3, -0.25) is 4.79 Å². The zero-order valence-corrected chi connectivity index (χ0v) is 18.4. The first-order valence-corrected chi connectivity index (χ1v) is 12.5. The monoisotopic (exact) mass is 460 g/mol. The number of carbonyl (C=O) groups excluding carboxylic acids is 1. The van der Waals surface area contributed by atoms with Crippen LogP contribution in [-0.2, 0) is 4.79 Å². The number of carbonyl (C=O) groups is 1. The van der Waals surface area contributed by atoms with Crippen molar-refractivity contribution in [2.45, 2.75) is 61.8 Å². The van der Waals surface area contributed by atoms with E-state index in [-0.39, 0.29) is 12.5 Å². The quantitative estimate of drug-likeness (QED) is 0.171. The first-order valence-electron chi connectivity index (χ1n) is 10.2. The summed E-state index contributed by atoms with van der Waals surface area (Å²) < 4.78 is 0. The second-order valence-corrected chi connectivity index (χ2v) is 10.2. The van der Waals surface area contributed by atoms with Crippen molar-refractivity contribution < 1.29 is 30.3 Å². The van der Waals surface area contributed by atoms with Crippen LogP contribution in [0.15, 0.2) is 24.3 Å². The number of unbranched alkanes of at least 4 members (excludes halogenated alkanes) is 1. The lowest BCUT2D eigenvalue weighted by atomic mass is 10.0. The van der Waals surface area contributed by atoms with Crippen molar-refractivity contribution in [1.82, 2.24) is 0 Å². The highest BCUT2D eigenvalue weighted by Crippen LogP contribution is 2.39. The maximum Gasteiger partial charge on any atom is 0.224 e. The standard InChI is InChI=1S/C20H32N2O6S2/c23-12-17(25)20(28)19(27)16(24)11-21-13-4-3-5-14(10-13)22-18(26)7-2-1-6-15-8-9-29-30-15/h3-5,10,15-17,19-21,23-25,27-28H,1-2,6-9,11-12H2,(H,22,26). The van der Waals surface area contributed by atoms with E-state index in [9.17, 15) is 25.2 Å². The molecule has 1 amide bonds. The number of rotatable bonds is 13. The third-order valence-electron chi connectivity index (χ3n) is 4.89. The first kappa shape index (κ1) is 25.3. The molecular weight excluding hydrogens is 428 g/mol. The summed E-state index contributed by atoms with van der Waals surface area (Å²) in [5.41, 5.74) is 1.24. The Morgan fingerprint density at radius 2 is 1.83 bits per heavy atom. The van der Waals surface area contributed by atoms with E-state index in [1.54, 1.807) is 24.3 Å². The van der Waals surface area contributed by atoms with Crippen molar-refractivity contribution in [2.75, 3.05) is 29.5 Å². The van der Waals surface area contributed by atoms with Gasteiger partial charge in [0.2, 0.25) is 5.91 Å². The Hall–Kier alpha value is -1.01. The molecule has 0 saturated carbocycles. The molecule has 1 heterocycles. The minimum absolute atomic E-state index is 0.0443. The molecular formula is C20H32N2O6S2. The highest BCUT2D eigenvalue weighted by molar-refractivity contribution is 8.77. The van der Waals surface area contributed by atoms with E-state index < -0.39 is 31.0 Å². The molecule has 0 aliphatic carbocycles. The molecule has 5 unspecified atom stereocenters. The maximum atomic E-state index is 12.2. The van der Waals surface area contributed by atoms with E-state index in [0.29, 0.717) is 17.8 Å². The average molecular weight is 461 g/mol. The van der Waals surface area contributed by atoms with Crippen LogP contribution in [0.2, 0.25) is 0 Å². The molecule has 1 fully saturated rings. The summed E-state index contributed by atoms with van der Waals surface area (Å²) in [5, 5.41) is 54.1. The van der Waals surface area contributed by atoms with Crippen molar-refractivity contribution in [3.63, 3.8) is 0 Å². The van der Waals surface area contributed by atoms with Gasteiger partial charge in [-0.1, -0.05) is 34.1 Å². The van der Waals surface area contributed by atoms with Gasteiger partial charge >= 0.3 is 0 Å². The Labute approximate surface area is 184 Å². The van der Waals surface area contributed by atoms with Gasteiger partial charge < -0.3 is 36.2 Å². The molecule has 1 aromatic carbocycles. The van der Waals surface area contributed by atoms with Crippen LogP contribution in [0.5, 0.6) is 0 Å². The van der Waals surface area contributed by atoms with Crippen LogP contribution < -0.4 is 10.6 Å². The van der Waals surface area contributed by atoms with Crippen LogP contribution in [0.25, 0.3) is 0 Å². The number of aliphatic hydroxyl groups is 5. The van der Waals surface area contributed by atoms with Gasteiger partial charge in [0.25, 0.3) is 0 Å². The molecule has 0 aromatic heterocycles. The van der Waals surface area contributed by atoms with Gasteiger partial charge in [0.1, 0.15) is 18.3 Å². The molecule has 1 saturated heterocycles. The summed E-state index contributed by atoms with van der Waals surface area (Å²) in [6, 6.07) is 6.97. The molecule has 5 atom stereocenters. The van der Waals surface area contributed by atoms with Crippen LogP contribution in [0.4, 0.5) is 11.4 Å². The largest absolute Gasteiger partial charge is 0.394 e. The number of nitrogens with one attached hydrogen (secondary N) is 2. The van der Waals surface area contributed by atoms with Crippen molar-refractivity contribution in [1.29, 1.82) is 0 Å². The zero-order chi connectivity index (χ0) is 21.9. The lowest BCUT2D eigenvalue weighted by Gasteiger charge is -2.26. The highest BCUT2D eigenvalue weighted by atomic mass is 33.1. The van der Waals surface area contributed by atoms with Gasteiger partial charge in [-0.2, -0.15) is 0 Å². The summed E-state index contributed by atoms with van der Waals surface area (Å²) in [6.07, 6.45) is -1.40. The third kappa shape index (κ3) is 8.62. The van der Waals surface area contributed by atoms with E-state index in [1.807, 2.05) is 21.6 Å². The van der Waals surface area contributed by atoms with Gasteiger partial charge in [0.05, 0.1) is 12.7 Å². The lowest BCUT2D eigenvalue weighted by molar-refractivity contribution is -0.116. The number of anilines is 2. The summed E-state index contributed by atoms with van der Waals surface area (Å²) in [5.74, 6) is 1.18. The van der Waals surface area contributed by atoms with Crippen LogP contribution in [0.3, 0.4) is 0 Å². The summed E-state index contributed by atoms with van der Waals surface area (Å²) in [6.45, 7) is -0.816. The molecule has 1 aliphatic rings. The van der Waals surface area contributed by atoms with E-state index >= 15 is 0 Å².